The van der Waals surface area contributed by atoms with Gasteiger partial charge in [0.2, 0.25) is 6.41 Å². The first-order chi connectivity index (χ1) is 9.28. The molecule has 0 unspecified atom stereocenters. The molecule has 0 atom stereocenters. The first-order valence-electron chi connectivity index (χ1n) is 5.54. The number of ether oxygens (including phenoxy) is 1. The van der Waals surface area contributed by atoms with E-state index in [0.717, 1.165) is 5.06 Å². The van der Waals surface area contributed by atoms with Gasteiger partial charge in [0.25, 0.3) is 0 Å². The molecule has 0 saturated carbocycles. The van der Waals surface area contributed by atoms with Gasteiger partial charge in [0, 0.05) is 18.3 Å². The highest BCUT2D eigenvalue weighted by molar-refractivity contribution is 5.72. The Morgan fingerprint density at radius 1 is 1.21 bits per heavy atom. The molecule has 0 fully saturated rings. The van der Waals surface area contributed by atoms with Crippen molar-refractivity contribution >= 4 is 12.2 Å². The van der Waals surface area contributed by atoms with Gasteiger partial charge in [0.05, 0.1) is 25.6 Å². The van der Waals surface area contributed by atoms with Gasteiger partial charge in [0.15, 0.2) is 5.82 Å². The van der Waals surface area contributed by atoms with E-state index in [2.05, 4.69) is 9.97 Å². The second-order valence-electron chi connectivity index (χ2n) is 3.58. The minimum Gasteiger partial charge on any atom is -0.497 e. The molecule has 0 aliphatic rings. The van der Waals surface area contributed by atoms with Crippen LogP contribution in [-0.2, 0) is 9.63 Å². The van der Waals surface area contributed by atoms with Crippen LogP contribution in [0, 0.1) is 0 Å². The third-order valence-electron chi connectivity index (χ3n) is 2.47. The average Bonchev–Trinajstić information content (AvgIpc) is 2.49. The summed E-state index contributed by atoms with van der Waals surface area (Å²) >= 11 is 0. The fourth-order valence-corrected chi connectivity index (χ4v) is 1.56. The van der Waals surface area contributed by atoms with Crippen LogP contribution in [0.3, 0.4) is 0 Å². The Labute approximate surface area is 110 Å². The Kier molecular flexibility index (Phi) is 4.04. The number of carbonyl (C=O) groups excluding carboxylic acids is 1. The van der Waals surface area contributed by atoms with Crippen LogP contribution in [0.4, 0.5) is 5.82 Å². The highest BCUT2D eigenvalue weighted by Gasteiger charge is 2.11. The lowest BCUT2D eigenvalue weighted by Crippen LogP contribution is -2.20. The molecule has 2 aromatic heterocycles. The van der Waals surface area contributed by atoms with Crippen LogP contribution < -0.4 is 9.80 Å². The molecule has 6 heteroatoms. The maximum Gasteiger partial charge on any atom is 0.239 e. The minimum atomic E-state index is 0.331. The van der Waals surface area contributed by atoms with Crippen molar-refractivity contribution in [1.29, 1.82) is 0 Å². The second kappa shape index (κ2) is 5.92. The van der Waals surface area contributed by atoms with Crippen LogP contribution in [0.2, 0.25) is 0 Å². The number of carbonyl (C=O) groups is 1. The molecule has 0 aromatic carbocycles. The summed E-state index contributed by atoms with van der Waals surface area (Å²) in [6, 6.07) is 8.84. The minimum absolute atomic E-state index is 0.331. The van der Waals surface area contributed by atoms with Crippen LogP contribution in [-0.4, -0.2) is 30.6 Å². The zero-order valence-corrected chi connectivity index (χ0v) is 10.6. The number of anilines is 1. The van der Waals surface area contributed by atoms with Gasteiger partial charge in [-0.25, -0.2) is 4.98 Å². The van der Waals surface area contributed by atoms with E-state index in [1.54, 1.807) is 25.4 Å². The SMILES string of the molecule is COc1cc(-c2ccccn2)nc(N(C=O)OC)c1. The van der Waals surface area contributed by atoms with Gasteiger partial charge in [-0.05, 0) is 12.1 Å². The number of nitrogens with zero attached hydrogens (tertiary/aromatic N) is 3. The third kappa shape index (κ3) is 2.86. The summed E-state index contributed by atoms with van der Waals surface area (Å²) in [7, 11) is 2.93. The summed E-state index contributed by atoms with van der Waals surface area (Å²) in [4.78, 5) is 24.3. The number of aromatic nitrogens is 2. The molecule has 0 radical (unpaired) electrons. The zero-order valence-electron chi connectivity index (χ0n) is 10.6. The molecule has 0 saturated heterocycles. The van der Waals surface area contributed by atoms with E-state index in [4.69, 9.17) is 9.57 Å². The number of amides is 1. The Morgan fingerprint density at radius 2 is 2.05 bits per heavy atom. The van der Waals surface area contributed by atoms with Gasteiger partial charge in [-0.1, -0.05) is 6.07 Å². The fraction of sp³-hybridized carbons (Fsp3) is 0.154. The van der Waals surface area contributed by atoms with Crippen LogP contribution >= 0.6 is 0 Å². The quantitative estimate of drug-likeness (QED) is 0.603. The van der Waals surface area contributed by atoms with E-state index in [0.29, 0.717) is 29.4 Å². The predicted octanol–water partition coefficient (Wildman–Crippen LogP) is 1.68. The largest absolute Gasteiger partial charge is 0.497 e. The molecule has 6 nitrogen and oxygen atoms in total. The van der Waals surface area contributed by atoms with Crippen molar-refractivity contribution in [3.63, 3.8) is 0 Å². The Balaban J connectivity index is 2.50. The molecule has 0 aliphatic heterocycles. The average molecular weight is 259 g/mol. The molecule has 2 rings (SSSR count). The van der Waals surface area contributed by atoms with Gasteiger partial charge in [-0.3, -0.25) is 14.6 Å². The number of hydroxylamine groups is 1. The van der Waals surface area contributed by atoms with Crippen molar-refractivity contribution in [3.8, 4) is 17.1 Å². The third-order valence-corrected chi connectivity index (χ3v) is 2.47. The van der Waals surface area contributed by atoms with Crippen LogP contribution in [0.5, 0.6) is 5.75 Å². The maximum atomic E-state index is 10.9. The lowest BCUT2D eigenvalue weighted by molar-refractivity contribution is -0.112. The van der Waals surface area contributed by atoms with E-state index >= 15 is 0 Å². The van der Waals surface area contributed by atoms with Crippen LogP contribution in [0.25, 0.3) is 11.4 Å². The van der Waals surface area contributed by atoms with E-state index < -0.39 is 0 Å². The van der Waals surface area contributed by atoms with Crippen molar-refractivity contribution in [2.24, 2.45) is 0 Å². The summed E-state index contributed by atoms with van der Waals surface area (Å²) in [6.45, 7) is 0. The zero-order chi connectivity index (χ0) is 13.7. The summed E-state index contributed by atoms with van der Waals surface area (Å²) in [5.74, 6) is 0.895. The maximum absolute atomic E-state index is 10.9. The van der Waals surface area contributed by atoms with Crippen LogP contribution in [0.1, 0.15) is 0 Å². The van der Waals surface area contributed by atoms with E-state index in [-0.39, 0.29) is 0 Å². The summed E-state index contributed by atoms with van der Waals surface area (Å²) < 4.78 is 5.19. The number of rotatable bonds is 5. The Bertz CT molecular complexity index is 560. The lowest BCUT2D eigenvalue weighted by Gasteiger charge is -2.14. The van der Waals surface area contributed by atoms with Gasteiger partial charge >= 0.3 is 0 Å². The summed E-state index contributed by atoms with van der Waals surface area (Å²) in [6.07, 6.45) is 2.20. The second-order valence-corrected chi connectivity index (χ2v) is 3.58. The molecule has 2 aromatic rings. The van der Waals surface area contributed by atoms with Crippen molar-refractivity contribution in [3.05, 3.63) is 36.5 Å². The van der Waals surface area contributed by atoms with Crippen molar-refractivity contribution in [2.75, 3.05) is 19.3 Å². The van der Waals surface area contributed by atoms with Gasteiger partial charge in [0.1, 0.15) is 5.75 Å². The molecular formula is C13H13N3O3. The van der Waals surface area contributed by atoms with Crippen molar-refractivity contribution < 1.29 is 14.4 Å². The standard InChI is InChI=1S/C13H13N3O3/c1-18-10-7-12(11-5-3-4-6-14-11)15-13(8-10)16(9-17)19-2/h3-9H,1-2H3. The number of hydrogen-bond acceptors (Lipinski definition) is 5. The molecular weight excluding hydrogens is 246 g/mol. The number of methoxy groups -OCH3 is 1. The number of hydrogen-bond donors (Lipinski definition) is 0. The highest BCUT2D eigenvalue weighted by Crippen LogP contribution is 2.25. The molecule has 0 aliphatic carbocycles. The topological polar surface area (TPSA) is 64.6 Å². The van der Waals surface area contributed by atoms with Crippen molar-refractivity contribution in [1.82, 2.24) is 9.97 Å². The first kappa shape index (κ1) is 13.0. The van der Waals surface area contributed by atoms with E-state index in [9.17, 15) is 4.79 Å². The molecule has 0 N–H and O–H groups in total. The van der Waals surface area contributed by atoms with Gasteiger partial charge in [-0.2, -0.15) is 5.06 Å². The Morgan fingerprint density at radius 3 is 2.63 bits per heavy atom. The Hall–Kier alpha value is -2.47. The monoisotopic (exact) mass is 259 g/mol. The molecule has 0 bridgehead atoms. The first-order valence-corrected chi connectivity index (χ1v) is 5.54. The predicted molar refractivity (Wildman–Crippen MR) is 69.6 cm³/mol. The highest BCUT2D eigenvalue weighted by atomic mass is 16.7. The summed E-state index contributed by atoms with van der Waals surface area (Å²) in [5.41, 5.74) is 1.28. The van der Waals surface area contributed by atoms with Crippen molar-refractivity contribution in [2.45, 2.75) is 0 Å². The van der Waals surface area contributed by atoms with E-state index in [1.165, 1.54) is 7.11 Å². The summed E-state index contributed by atoms with van der Waals surface area (Å²) in [5, 5.41) is 1.01. The fourth-order valence-electron chi connectivity index (χ4n) is 1.56. The smallest absolute Gasteiger partial charge is 0.239 e. The molecule has 19 heavy (non-hydrogen) atoms. The normalized spacial score (nSPS) is 10.0. The van der Waals surface area contributed by atoms with Crippen LogP contribution in [0.15, 0.2) is 36.5 Å². The number of pyridine rings is 2. The molecule has 0 spiro atoms. The molecule has 98 valence electrons. The molecule has 2 heterocycles. The lowest BCUT2D eigenvalue weighted by atomic mass is 10.2. The molecule has 1 amide bonds. The van der Waals surface area contributed by atoms with Gasteiger partial charge in [-0.15, -0.1) is 0 Å². The van der Waals surface area contributed by atoms with Gasteiger partial charge < -0.3 is 4.74 Å². The van der Waals surface area contributed by atoms with E-state index in [1.807, 2.05) is 18.2 Å².